The first-order chi connectivity index (χ1) is 21.3. The Hall–Kier alpha value is -4.03. The van der Waals surface area contributed by atoms with E-state index in [9.17, 15) is 19.2 Å². The molecular formula is C35H47ClN4O5. The number of amides is 4. The number of unbranched alkanes of at least 4 members (excludes halogenated alkanes) is 5. The fraction of sp³-hybridized carbons (Fsp3) is 0.486. The van der Waals surface area contributed by atoms with Crippen LogP contribution >= 0.6 is 11.6 Å². The number of halogens is 1. The summed E-state index contributed by atoms with van der Waals surface area (Å²) in [6.45, 7) is 9.24. The lowest BCUT2D eigenvalue weighted by Gasteiger charge is -2.35. The third-order valence-electron chi connectivity index (χ3n) is 7.15. The van der Waals surface area contributed by atoms with Crippen molar-refractivity contribution in [2.75, 3.05) is 11.9 Å². The lowest BCUT2D eigenvalue weighted by Crippen LogP contribution is -2.53. The summed E-state index contributed by atoms with van der Waals surface area (Å²) in [6, 6.07) is 9.77. The quantitative estimate of drug-likeness (QED) is 0.140. The van der Waals surface area contributed by atoms with Crippen molar-refractivity contribution >= 4 is 41.1 Å². The van der Waals surface area contributed by atoms with Crippen molar-refractivity contribution in [2.45, 2.75) is 104 Å². The Morgan fingerprint density at radius 2 is 1.69 bits per heavy atom. The number of ether oxygens (including phenoxy) is 1. The Kier molecular flexibility index (Phi) is 14.9. The van der Waals surface area contributed by atoms with E-state index in [1.54, 1.807) is 57.2 Å². The van der Waals surface area contributed by atoms with Crippen LogP contribution in [0.3, 0.4) is 0 Å². The molecule has 0 aliphatic heterocycles. The second kappa shape index (κ2) is 18.1. The maximum atomic E-state index is 14.5. The van der Waals surface area contributed by atoms with Crippen LogP contribution in [0.25, 0.3) is 0 Å². The van der Waals surface area contributed by atoms with E-state index in [1.165, 1.54) is 4.90 Å². The highest BCUT2D eigenvalue weighted by atomic mass is 35.5. The van der Waals surface area contributed by atoms with E-state index < -0.39 is 41.5 Å². The van der Waals surface area contributed by atoms with Gasteiger partial charge in [-0.05, 0) is 63.8 Å². The number of carbonyl (C=O) groups is 4. The predicted octanol–water partition coefficient (Wildman–Crippen LogP) is 6.66. The molecule has 4 amide bonds. The first kappa shape index (κ1) is 37.2. The van der Waals surface area contributed by atoms with Crippen LogP contribution in [0.4, 0.5) is 10.5 Å². The highest BCUT2D eigenvalue weighted by Gasteiger charge is 2.37. The number of nitrogens with one attached hydrogen (secondary N) is 2. The zero-order valence-electron chi connectivity index (χ0n) is 27.1. The van der Waals surface area contributed by atoms with Crippen molar-refractivity contribution < 1.29 is 23.9 Å². The molecule has 2 atom stereocenters. The number of alkyl carbamates (subject to hydrolysis) is 1. The number of nitrogens with zero attached hydrogens (tertiary/aromatic N) is 1. The smallest absolute Gasteiger partial charge is 0.408 e. The molecule has 0 spiro atoms. The van der Waals surface area contributed by atoms with E-state index in [4.69, 9.17) is 28.5 Å². The number of aryl methyl sites for hydroxylation is 1. The van der Waals surface area contributed by atoms with Gasteiger partial charge in [0, 0.05) is 18.5 Å². The van der Waals surface area contributed by atoms with E-state index in [1.807, 2.05) is 13.0 Å². The number of para-hydroxylation sites is 1. The van der Waals surface area contributed by atoms with E-state index in [-0.39, 0.29) is 19.4 Å². The molecule has 0 bridgehead atoms. The van der Waals surface area contributed by atoms with Crippen molar-refractivity contribution in [3.8, 4) is 12.3 Å². The van der Waals surface area contributed by atoms with Gasteiger partial charge in [-0.15, -0.1) is 6.42 Å². The molecule has 2 aromatic rings. The van der Waals surface area contributed by atoms with Gasteiger partial charge in [0.25, 0.3) is 5.91 Å². The zero-order chi connectivity index (χ0) is 33.6. The van der Waals surface area contributed by atoms with Crippen molar-refractivity contribution in [1.82, 2.24) is 10.2 Å². The van der Waals surface area contributed by atoms with Crippen molar-refractivity contribution in [3.63, 3.8) is 0 Å². The molecule has 0 saturated heterocycles. The number of anilines is 1. The third kappa shape index (κ3) is 12.1. The molecule has 0 aromatic heterocycles. The molecule has 0 fully saturated rings. The SMILES string of the molecule is C#Cc1ccccc1C(C(=O)Nc1c(C)cccc1Cl)N(CCCCCCCC)C(=O)C(CCC(N)=O)NC(=O)OC(C)(C)C. The van der Waals surface area contributed by atoms with Gasteiger partial charge in [0.05, 0.1) is 10.7 Å². The average Bonchev–Trinajstić information content (AvgIpc) is 2.97. The molecule has 2 aromatic carbocycles. The maximum absolute atomic E-state index is 14.5. The summed E-state index contributed by atoms with van der Waals surface area (Å²) in [6.07, 6.45) is 10.4. The largest absolute Gasteiger partial charge is 0.444 e. The normalized spacial score (nSPS) is 12.4. The number of terminal acetylenes is 1. The lowest BCUT2D eigenvalue weighted by molar-refractivity contribution is -0.141. The third-order valence-corrected chi connectivity index (χ3v) is 7.46. The highest BCUT2D eigenvalue weighted by Crippen LogP contribution is 2.31. The zero-order valence-corrected chi connectivity index (χ0v) is 27.8. The monoisotopic (exact) mass is 638 g/mol. The van der Waals surface area contributed by atoms with Crippen LogP contribution in [-0.2, 0) is 19.1 Å². The Morgan fingerprint density at radius 3 is 2.31 bits per heavy atom. The van der Waals surface area contributed by atoms with Crippen LogP contribution in [0.5, 0.6) is 0 Å². The molecular weight excluding hydrogens is 592 g/mol. The molecule has 45 heavy (non-hydrogen) atoms. The molecule has 0 saturated carbocycles. The fourth-order valence-electron chi connectivity index (χ4n) is 4.92. The Bertz CT molecular complexity index is 1340. The lowest BCUT2D eigenvalue weighted by atomic mass is 9.96. The standard InChI is InChI=1S/C35H47ClN4O5/c1-7-9-10-11-12-15-23-40(33(43)28(21-22-29(37)41)38-34(44)45-35(4,5)6)31(26-19-14-13-18-25(26)8-2)32(42)39-30-24(3)17-16-20-27(30)36/h2,13-14,16-20,28,31H,7,9-12,15,21-23H2,1,3-6H3,(H2,37,41)(H,38,44)(H,39,42). The summed E-state index contributed by atoms with van der Waals surface area (Å²) >= 11 is 6.47. The van der Waals surface area contributed by atoms with E-state index in [0.717, 1.165) is 37.7 Å². The first-order valence-electron chi connectivity index (χ1n) is 15.5. The minimum absolute atomic E-state index is 0.0881. The molecule has 0 aliphatic carbocycles. The molecule has 10 heteroatoms. The maximum Gasteiger partial charge on any atom is 0.408 e. The van der Waals surface area contributed by atoms with Crippen LogP contribution in [0.1, 0.15) is 102 Å². The molecule has 4 N–H and O–H groups in total. The summed E-state index contributed by atoms with van der Waals surface area (Å²) in [5, 5.41) is 5.88. The topological polar surface area (TPSA) is 131 Å². The summed E-state index contributed by atoms with van der Waals surface area (Å²) in [5.74, 6) is 0.898. The number of primary amides is 1. The Labute approximate surface area is 272 Å². The molecule has 0 heterocycles. The van der Waals surface area contributed by atoms with Crippen LogP contribution in [-0.4, -0.2) is 46.9 Å². The van der Waals surface area contributed by atoms with Crippen LogP contribution in [0, 0.1) is 19.3 Å². The van der Waals surface area contributed by atoms with Gasteiger partial charge in [-0.2, -0.15) is 0 Å². The summed E-state index contributed by atoms with van der Waals surface area (Å²) in [7, 11) is 0. The summed E-state index contributed by atoms with van der Waals surface area (Å²) < 4.78 is 5.42. The van der Waals surface area contributed by atoms with Gasteiger partial charge < -0.3 is 26.0 Å². The average molecular weight is 639 g/mol. The van der Waals surface area contributed by atoms with Gasteiger partial charge in [-0.3, -0.25) is 14.4 Å². The van der Waals surface area contributed by atoms with E-state index in [0.29, 0.717) is 28.3 Å². The van der Waals surface area contributed by atoms with Crippen molar-refractivity contribution in [3.05, 3.63) is 64.2 Å². The number of rotatable bonds is 16. The molecule has 0 aliphatic rings. The molecule has 244 valence electrons. The first-order valence-corrected chi connectivity index (χ1v) is 15.9. The van der Waals surface area contributed by atoms with Gasteiger partial charge >= 0.3 is 6.09 Å². The second-order valence-corrected chi connectivity index (χ2v) is 12.5. The highest BCUT2D eigenvalue weighted by molar-refractivity contribution is 6.34. The van der Waals surface area contributed by atoms with Gasteiger partial charge in [-0.1, -0.05) is 86.9 Å². The molecule has 2 unspecified atom stereocenters. The second-order valence-electron chi connectivity index (χ2n) is 12.1. The van der Waals surface area contributed by atoms with Crippen LogP contribution < -0.4 is 16.4 Å². The Balaban J connectivity index is 2.63. The minimum Gasteiger partial charge on any atom is -0.444 e. The number of hydrogen-bond acceptors (Lipinski definition) is 5. The molecule has 2 rings (SSSR count). The van der Waals surface area contributed by atoms with Crippen LogP contribution in [0.15, 0.2) is 42.5 Å². The fourth-order valence-corrected chi connectivity index (χ4v) is 5.19. The van der Waals surface area contributed by atoms with Gasteiger partial charge in [0.15, 0.2) is 0 Å². The van der Waals surface area contributed by atoms with E-state index >= 15 is 0 Å². The number of hydrogen-bond donors (Lipinski definition) is 3. The minimum atomic E-state index is -1.21. The number of carbonyl (C=O) groups excluding carboxylic acids is 4. The molecule has 0 radical (unpaired) electrons. The van der Waals surface area contributed by atoms with Gasteiger partial charge in [0.1, 0.15) is 17.7 Å². The van der Waals surface area contributed by atoms with Crippen LogP contribution in [0.2, 0.25) is 5.02 Å². The summed E-state index contributed by atoms with van der Waals surface area (Å²) in [5.41, 5.74) is 6.62. The van der Waals surface area contributed by atoms with Gasteiger partial charge in [0.2, 0.25) is 11.8 Å². The number of benzene rings is 2. The molecule has 9 nitrogen and oxygen atoms in total. The Morgan fingerprint density at radius 1 is 1.02 bits per heavy atom. The number of nitrogens with two attached hydrogens (primary N) is 1. The van der Waals surface area contributed by atoms with Crippen molar-refractivity contribution in [1.29, 1.82) is 0 Å². The predicted molar refractivity (Wildman–Crippen MR) is 179 cm³/mol. The summed E-state index contributed by atoms with van der Waals surface area (Å²) in [4.78, 5) is 54.8. The van der Waals surface area contributed by atoms with Crippen molar-refractivity contribution in [2.24, 2.45) is 5.73 Å². The van der Waals surface area contributed by atoms with E-state index in [2.05, 4.69) is 23.5 Å². The van der Waals surface area contributed by atoms with Gasteiger partial charge in [-0.25, -0.2) is 4.79 Å².